The number of rotatable bonds is 3. The Bertz CT molecular complexity index is 442. The molecule has 6 nitrogen and oxygen atoms in total. The number of aldehydes is 1. The summed E-state index contributed by atoms with van der Waals surface area (Å²) in [5.74, 6) is 0. The molecule has 1 N–H and O–H groups in total. The van der Waals surface area contributed by atoms with Gasteiger partial charge in [-0.05, 0) is 13.0 Å². The largest absolute Gasteiger partial charge is 0.299 e. The van der Waals surface area contributed by atoms with Crippen molar-refractivity contribution in [1.82, 2.24) is 15.4 Å². The molecule has 1 unspecified atom stereocenters. The number of carbonyl (C=O) groups is 1. The highest BCUT2D eigenvalue weighted by molar-refractivity contribution is 5.85. The monoisotopic (exact) mass is 231 g/mol. The van der Waals surface area contributed by atoms with Crippen LogP contribution in [0.1, 0.15) is 12.5 Å². The Morgan fingerprint density at radius 3 is 3.24 bits per heavy atom. The lowest BCUT2D eigenvalue weighted by Gasteiger charge is -2.28. The first kappa shape index (κ1) is 11.3. The maximum atomic E-state index is 10.8. The molecule has 17 heavy (non-hydrogen) atoms. The fraction of sp³-hybridized carbons (Fsp3) is 0.273. The van der Waals surface area contributed by atoms with Crippen LogP contribution >= 0.6 is 0 Å². The predicted octanol–water partition coefficient (Wildman–Crippen LogP) is 0.222. The number of pyridine rings is 1. The Kier molecular flexibility index (Phi) is 3.44. The minimum atomic E-state index is -0.508. The summed E-state index contributed by atoms with van der Waals surface area (Å²) in [5.41, 5.74) is 4.49. The summed E-state index contributed by atoms with van der Waals surface area (Å²) in [4.78, 5) is 14.8. The number of carbonyl (C=O) groups excluding carboxylic acids is 1. The van der Waals surface area contributed by atoms with Crippen LogP contribution in [0, 0.1) is 0 Å². The van der Waals surface area contributed by atoms with Gasteiger partial charge in [0.05, 0.1) is 18.5 Å². The van der Waals surface area contributed by atoms with Crippen LogP contribution in [0.2, 0.25) is 0 Å². The average molecular weight is 231 g/mol. The van der Waals surface area contributed by atoms with E-state index in [1.165, 1.54) is 0 Å². The minimum absolute atomic E-state index is 0.508. The maximum Gasteiger partial charge on any atom is 0.187 e. The Morgan fingerprint density at radius 2 is 2.53 bits per heavy atom. The fourth-order valence-corrected chi connectivity index (χ4v) is 1.42. The lowest BCUT2D eigenvalue weighted by atomic mass is 10.3. The van der Waals surface area contributed by atoms with Crippen LogP contribution in [0.25, 0.3) is 0 Å². The molecule has 0 fully saturated rings. The molecule has 0 saturated heterocycles. The van der Waals surface area contributed by atoms with Crippen LogP contribution in [-0.4, -0.2) is 40.9 Å². The van der Waals surface area contributed by atoms with Crippen molar-refractivity contribution in [3.8, 4) is 0 Å². The van der Waals surface area contributed by atoms with Gasteiger partial charge in [0.1, 0.15) is 0 Å². The van der Waals surface area contributed by atoms with Gasteiger partial charge in [-0.15, -0.1) is 0 Å². The van der Waals surface area contributed by atoms with Crippen molar-refractivity contribution in [2.45, 2.75) is 13.1 Å². The molecule has 1 atom stereocenters. The van der Waals surface area contributed by atoms with Crippen molar-refractivity contribution in [2.75, 3.05) is 6.54 Å². The number of nitrogens with one attached hydrogen (secondary N) is 1. The van der Waals surface area contributed by atoms with Crippen molar-refractivity contribution in [1.29, 1.82) is 0 Å². The molecule has 2 rings (SSSR count). The third-order valence-electron chi connectivity index (χ3n) is 2.27. The molecule has 88 valence electrons. The van der Waals surface area contributed by atoms with E-state index < -0.39 is 6.17 Å². The van der Waals surface area contributed by atoms with E-state index in [2.05, 4.69) is 20.6 Å². The fourth-order valence-electron chi connectivity index (χ4n) is 1.42. The molecule has 1 aromatic rings. The summed E-state index contributed by atoms with van der Waals surface area (Å²) >= 11 is 0. The van der Waals surface area contributed by atoms with Crippen molar-refractivity contribution in [3.05, 3.63) is 30.1 Å². The molecule has 0 amide bonds. The van der Waals surface area contributed by atoms with Gasteiger partial charge in [0, 0.05) is 18.0 Å². The van der Waals surface area contributed by atoms with Crippen LogP contribution in [0.4, 0.5) is 0 Å². The number of hydrogen-bond acceptors (Lipinski definition) is 6. The van der Waals surface area contributed by atoms with Crippen molar-refractivity contribution in [3.63, 3.8) is 0 Å². The average Bonchev–Trinajstić information content (AvgIpc) is 2.38. The molecule has 0 aliphatic carbocycles. The van der Waals surface area contributed by atoms with Gasteiger partial charge in [-0.25, -0.2) is 0 Å². The van der Waals surface area contributed by atoms with E-state index in [9.17, 15) is 4.79 Å². The predicted molar refractivity (Wildman–Crippen MR) is 64.6 cm³/mol. The molecule has 0 aromatic carbocycles. The second-order valence-corrected chi connectivity index (χ2v) is 3.69. The first-order valence-corrected chi connectivity index (χ1v) is 5.24. The van der Waals surface area contributed by atoms with Crippen LogP contribution in [0.15, 0.2) is 34.7 Å². The lowest BCUT2D eigenvalue weighted by Crippen LogP contribution is -2.48. The van der Waals surface area contributed by atoms with Crippen molar-refractivity contribution in [2.24, 2.45) is 10.2 Å². The zero-order valence-corrected chi connectivity index (χ0v) is 9.45. The smallest absolute Gasteiger partial charge is 0.187 e. The zero-order chi connectivity index (χ0) is 12.1. The quantitative estimate of drug-likeness (QED) is 0.597. The van der Waals surface area contributed by atoms with E-state index >= 15 is 0 Å². The van der Waals surface area contributed by atoms with E-state index in [-0.39, 0.29) is 0 Å². The molecule has 0 radical (unpaired) electrons. The standard InChI is InChI=1S/C11H13N5O/c1-9-7-16(11(8-17)15-14-9)13-6-10-3-2-4-12-5-10/h2-6,8,11,15H,7H2,1H3/b13-6+. The molecule has 2 heterocycles. The van der Waals surface area contributed by atoms with Gasteiger partial charge in [-0.3, -0.25) is 20.2 Å². The number of aromatic nitrogens is 1. The normalized spacial score (nSPS) is 19.9. The number of hydrogen-bond donors (Lipinski definition) is 1. The molecule has 1 aromatic heterocycles. The van der Waals surface area contributed by atoms with Gasteiger partial charge in [-0.2, -0.15) is 10.2 Å². The summed E-state index contributed by atoms with van der Waals surface area (Å²) in [7, 11) is 0. The van der Waals surface area contributed by atoms with E-state index in [0.717, 1.165) is 17.6 Å². The Balaban J connectivity index is 2.09. The minimum Gasteiger partial charge on any atom is -0.299 e. The Labute approximate surface area is 99.0 Å². The summed E-state index contributed by atoms with van der Waals surface area (Å²) in [6, 6.07) is 3.73. The zero-order valence-electron chi connectivity index (χ0n) is 9.45. The first-order chi connectivity index (χ1) is 8.29. The summed E-state index contributed by atoms with van der Waals surface area (Å²) in [5, 5.41) is 9.89. The molecule has 0 spiro atoms. The van der Waals surface area contributed by atoms with Crippen LogP contribution in [0.3, 0.4) is 0 Å². The van der Waals surface area contributed by atoms with E-state index in [0.29, 0.717) is 6.54 Å². The summed E-state index contributed by atoms with van der Waals surface area (Å²) in [6.07, 6.45) is 5.34. The Hall–Kier alpha value is -2.24. The molecular formula is C11H13N5O. The highest BCUT2D eigenvalue weighted by Gasteiger charge is 2.19. The van der Waals surface area contributed by atoms with Crippen molar-refractivity contribution < 1.29 is 4.79 Å². The molecule has 0 bridgehead atoms. The maximum absolute atomic E-state index is 10.8. The molecule has 0 saturated carbocycles. The lowest BCUT2D eigenvalue weighted by molar-refractivity contribution is -0.113. The SMILES string of the molecule is CC1=NNC(C=O)N(/N=C/c2cccnc2)C1. The van der Waals surface area contributed by atoms with Crippen LogP contribution in [0.5, 0.6) is 0 Å². The Morgan fingerprint density at radius 1 is 1.65 bits per heavy atom. The van der Waals surface area contributed by atoms with Gasteiger partial charge in [-0.1, -0.05) is 6.07 Å². The van der Waals surface area contributed by atoms with Gasteiger partial charge in [0.15, 0.2) is 12.5 Å². The van der Waals surface area contributed by atoms with E-state index in [1.807, 2.05) is 19.1 Å². The second-order valence-electron chi connectivity index (χ2n) is 3.69. The van der Waals surface area contributed by atoms with Gasteiger partial charge >= 0.3 is 0 Å². The summed E-state index contributed by atoms with van der Waals surface area (Å²) in [6.45, 7) is 2.41. The topological polar surface area (TPSA) is 70.0 Å². The third-order valence-corrected chi connectivity index (χ3v) is 2.27. The van der Waals surface area contributed by atoms with Crippen molar-refractivity contribution >= 4 is 18.2 Å². The van der Waals surface area contributed by atoms with Gasteiger partial charge < -0.3 is 0 Å². The molecule has 1 aliphatic heterocycles. The highest BCUT2D eigenvalue weighted by Crippen LogP contribution is 2.02. The van der Waals surface area contributed by atoms with E-state index in [4.69, 9.17) is 0 Å². The molecule has 1 aliphatic rings. The second kappa shape index (κ2) is 5.20. The van der Waals surface area contributed by atoms with Crippen LogP contribution in [-0.2, 0) is 4.79 Å². The molecular weight excluding hydrogens is 218 g/mol. The molecule has 6 heteroatoms. The highest BCUT2D eigenvalue weighted by atomic mass is 16.1. The first-order valence-electron chi connectivity index (χ1n) is 5.24. The third kappa shape index (κ3) is 2.87. The van der Waals surface area contributed by atoms with E-state index in [1.54, 1.807) is 23.6 Å². The number of nitrogens with zero attached hydrogens (tertiary/aromatic N) is 4. The van der Waals surface area contributed by atoms with Crippen LogP contribution < -0.4 is 5.43 Å². The summed E-state index contributed by atoms with van der Waals surface area (Å²) < 4.78 is 0. The van der Waals surface area contributed by atoms with Gasteiger partial charge in [0.25, 0.3) is 0 Å². The number of hydrazone groups is 2. The van der Waals surface area contributed by atoms with Gasteiger partial charge in [0.2, 0.25) is 0 Å².